The fourth-order valence-electron chi connectivity index (χ4n) is 0.483. The molecule has 0 saturated heterocycles. The summed E-state index contributed by atoms with van der Waals surface area (Å²) in [5, 5.41) is 12.2. The van der Waals surface area contributed by atoms with Crippen molar-refractivity contribution in [2.75, 3.05) is 0 Å². The van der Waals surface area contributed by atoms with Gasteiger partial charge in [0.1, 0.15) is 0 Å². The minimum absolute atomic E-state index is 1.33. The highest BCUT2D eigenvalue weighted by Crippen LogP contribution is 1.88. The second kappa shape index (κ2) is 8.07. The van der Waals surface area contributed by atoms with E-state index >= 15 is 0 Å². The van der Waals surface area contributed by atoms with Crippen LogP contribution >= 0.6 is 0 Å². The molecule has 0 atom stereocenters. The summed E-state index contributed by atoms with van der Waals surface area (Å²) in [5.74, 6) is 0. The summed E-state index contributed by atoms with van der Waals surface area (Å²) in [6.45, 7) is 4.42. The van der Waals surface area contributed by atoms with Gasteiger partial charge in [0.05, 0.1) is 0 Å². The second-order valence-electron chi connectivity index (χ2n) is 1.91. The van der Waals surface area contributed by atoms with Gasteiger partial charge in [-0.05, 0) is 0 Å². The lowest BCUT2D eigenvalue weighted by molar-refractivity contribution is 0.772. The van der Waals surface area contributed by atoms with Crippen molar-refractivity contribution >= 4 is 0 Å². The molecule has 58 valence electrons. The Morgan fingerprint density at radius 2 is 2.00 bits per heavy atom. The maximum absolute atomic E-state index is 3.38. The molecule has 0 bridgehead atoms. The van der Waals surface area contributed by atoms with Crippen LogP contribution in [0.2, 0.25) is 0 Å². The molecule has 1 N–H and O–H groups in total. The van der Waals surface area contributed by atoms with Crippen LogP contribution in [-0.2, 0) is 0 Å². The quantitative estimate of drug-likeness (QED) is 0.679. The number of nitrogens with zero attached hydrogens (tertiary/aromatic N) is 3. The Kier molecular flexibility index (Phi) is 7.32. The summed E-state index contributed by atoms with van der Waals surface area (Å²) in [6, 6.07) is 0. The van der Waals surface area contributed by atoms with Crippen molar-refractivity contribution in [1.82, 2.24) is 20.6 Å². The molecule has 0 saturated carbocycles. The smallest absolute Gasteiger partial charge is 0.161 e. The number of hydrogen-bond donors (Lipinski definition) is 1. The molecule has 1 aromatic rings. The van der Waals surface area contributed by atoms with Crippen molar-refractivity contribution in [1.29, 1.82) is 0 Å². The third-order valence-electron chi connectivity index (χ3n) is 0.977. The first-order chi connectivity index (χ1) is 4.91. The Balaban J connectivity index is 0.000000162. The van der Waals surface area contributed by atoms with Crippen LogP contribution in [0.1, 0.15) is 33.1 Å². The lowest BCUT2D eigenvalue weighted by atomic mass is 10.3. The molecule has 0 aliphatic heterocycles. The van der Waals surface area contributed by atoms with Crippen LogP contribution in [0.3, 0.4) is 0 Å². The molecule has 0 aliphatic carbocycles. The number of aromatic nitrogens is 4. The highest BCUT2D eigenvalue weighted by Gasteiger charge is 1.68. The normalized spacial score (nSPS) is 8.20. The number of hydrogen-bond acceptors (Lipinski definition) is 3. The molecule has 0 fully saturated rings. The predicted molar refractivity (Wildman–Crippen MR) is 39.4 cm³/mol. The van der Waals surface area contributed by atoms with Crippen molar-refractivity contribution in [2.24, 2.45) is 0 Å². The summed E-state index contributed by atoms with van der Waals surface area (Å²) < 4.78 is 0. The molecule has 4 heteroatoms. The molecule has 10 heavy (non-hydrogen) atoms. The largest absolute Gasteiger partial charge is 0.177 e. The van der Waals surface area contributed by atoms with Crippen LogP contribution in [0, 0.1) is 0 Å². The van der Waals surface area contributed by atoms with Gasteiger partial charge in [0.25, 0.3) is 0 Å². The first kappa shape index (κ1) is 9.07. The average Bonchev–Trinajstić information content (AvgIpc) is 2.44. The molecule has 0 radical (unpaired) electrons. The van der Waals surface area contributed by atoms with Crippen molar-refractivity contribution in [2.45, 2.75) is 33.1 Å². The van der Waals surface area contributed by atoms with Crippen LogP contribution in [-0.4, -0.2) is 20.6 Å². The van der Waals surface area contributed by atoms with Crippen LogP contribution < -0.4 is 0 Å². The molecule has 0 spiro atoms. The van der Waals surface area contributed by atoms with Gasteiger partial charge in [-0.25, -0.2) is 0 Å². The van der Waals surface area contributed by atoms with E-state index in [-0.39, 0.29) is 0 Å². The second-order valence-corrected chi connectivity index (χ2v) is 1.91. The Labute approximate surface area is 61.0 Å². The number of aromatic amines is 1. The Bertz CT molecular complexity index is 96.1. The predicted octanol–water partition coefficient (Wildman–Crippen LogP) is 1.40. The zero-order valence-electron chi connectivity index (χ0n) is 6.54. The molecular formula is C6H14N4. The fraction of sp³-hybridized carbons (Fsp3) is 0.833. The zero-order valence-corrected chi connectivity index (χ0v) is 6.54. The molecule has 0 unspecified atom stereocenters. The van der Waals surface area contributed by atoms with Crippen LogP contribution in [0.15, 0.2) is 6.33 Å². The van der Waals surface area contributed by atoms with Gasteiger partial charge in [0.15, 0.2) is 6.33 Å². The number of tetrazole rings is 1. The van der Waals surface area contributed by atoms with Gasteiger partial charge in [-0.1, -0.05) is 38.3 Å². The average molecular weight is 142 g/mol. The minimum atomic E-state index is 1.33. The third kappa shape index (κ3) is 7.07. The summed E-state index contributed by atoms with van der Waals surface area (Å²) in [4.78, 5) is 0. The number of rotatable bonds is 2. The van der Waals surface area contributed by atoms with Gasteiger partial charge >= 0.3 is 0 Å². The van der Waals surface area contributed by atoms with E-state index in [1.807, 2.05) is 0 Å². The number of H-pyrrole nitrogens is 1. The van der Waals surface area contributed by atoms with E-state index in [9.17, 15) is 0 Å². The standard InChI is InChI=1S/C5H12.CH2N4/c1-3-5-4-2;1-2-4-5-3-1/h3-5H2,1-2H3;1H,(H,2,3,4,5). The SMILES string of the molecule is CCCCC.c1nn[nH]n1. The van der Waals surface area contributed by atoms with Gasteiger partial charge in [0, 0.05) is 0 Å². The highest BCUT2D eigenvalue weighted by atomic mass is 15.5. The van der Waals surface area contributed by atoms with Gasteiger partial charge in [-0.15, -0.1) is 10.2 Å². The minimum Gasteiger partial charge on any atom is -0.177 e. The lowest BCUT2D eigenvalue weighted by Gasteiger charge is -1.79. The zero-order chi connectivity index (χ0) is 7.66. The van der Waals surface area contributed by atoms with Crippen LogP contribution in [0.25, 0.3) is 0 Å². The highest BCUT2D eigenvalue weighted by molar-refractivity contribution is 4.25. The summed E-state index contributed by atoms with van der Waals surface area (Å²) >= 11 is 0. The molecule has 1 aromatic heterocycles. The first-order valence-corrected chi connectivity index (χ1v) is 3.58. The topological polar surface area (TPSA) is 54.5 Å². The van der Waals surface area contributed by atoms with E-state index < -0.39 is 0 Å². The van der Waals surface area contributed by atoms with Crippen molar-refractivity contribution in [3.05, 3.63) is 6.33 Å². The Morgan fingerprint density at radius 3 is 2.10 bits per heavy atom. The molecule has 0 amide bonds. The molecule has 4 nitrogen and oxygen atoms in total. The van der Waals surface area contributed by atoms with Crippen LogP contribution in [0.4, 0.5) is 0 Å². The molecule has 1 heterocycles. The van der Waals surface area contributed by atoms with E-state index in [1.54, 1.807) is 0 Å². The maximum Gasteiger partial charge on any atom is 0.161 e. The van der Waals surface area contributed by atoms with Crippen molar-refractivity contribution in [3.63, 3.8) is 0 Å². The Hall–Kier alpha value is -0.930. The monoisotopic (exact) mass is 142 g/mol. The Morgan fingerprint density at radius 1 is 1.30 bits per heavy atom. The molecule has 1 rings (SSSR count). The molecule has 0 aromatic carbocycles. The lowest BCUT2D eigenvalue weighted by Crippen LogP contribution is -1.64. The van der Waals surface area contributed by atoms with Crippen molar-refractivity contribution in [3.8, 4) is 0 Å². The van der Waals surface area contributed by atoms with Crippen molar-refractivity contribution < 1.29 is 0 Å². The van der Waals surface area contributed by atoms with E-state index in [2.05, 4.69) is 34.5 Å². The summed E-state index contributed by atoms with van der Waals surface area (Å²) in [6.07, 6.45) is 5.41. The van der Waals surface area contributed by atoms with Gasteiger partial charge in [0.2, 0.25) is 0 Å². The third-order valence-corrected chi connectivity index (χ3v) is 0.977. The van der Waals surface area contributed by atoms with Crippen LogP contribution in [0.5, 0.6) is 0 Å². The van der Waals surface area contributed by atoms with E-state index in [4.69, 9.17) is 0 Å². The fourth-order valence-corrected chi connectivity index (χ4v) is 0.483. The van der Waals surface area contributed by atoms with Gasteiger partial charge in [-0.3, -0.25) is 0 Å². The van der Waals surface area contributed by atoms with Gasteiger partial charge < -0.3 is 0 Å². The molecule has 0 aliphatic rings. The van der Waals surface area contributed by atoms with E-state index in [0.717, 1.165) is 0 Å². The number of unbranched alkanes of at least 4 members (excludes halogenated alkanes) is 2. The summed E-state index contributed by atoms with van der Waals surface area (Å²) in [7, 11) is 0. The first-order valence-electron chi connectivity index (χ1n) is 3.58. The summed E-state index contributed by atoms with van der Waals surface area (Å²) in [5.41, 5.74) is 0. The van der Waals surface area contributed by atoms with E-state index in [0.29, 0.717) is 0 Å². The molecular weight excluding hydrogens is 128 g/mol. The number of nitrogens with one attached hydrogen (secondary N) is 1. The maximum atomic E-state index is 3.38. The van der Waals surface area contributed by atoms with Gasteiger partial charge in [-0.2, -0.15) is 5.21 Å². The van der Waals surface area contributed by atoms with E-state index in [1.165, 1.54) is 25.6 Å².